The van der Waals surface area contributed by atoms with Gasteiger partial charge in [0, 0.05) is 0 Å². The Balaban J connectivity index is 2.55. The normalized spacial score (nSPS) is 28.2. The summed E-state index contributed by atoms with van der Waals surface area (Å²) < 4.78 is 0.674. The molecular weight excluding hydrogens is 200 g/mol. The molecule has 0 aromatic carbocycles. The molecule has 2 heteroatoms. The summed E-state index contributed by atoms with van der Waals surface area (Å²) in [5.41, 5.74) is 5.96. The molecule has 0 nitrogen and oxygen atoms in total. The molecule has 1 aliphatic carbocycles. The molecule has 1 unspecified atom stereocenters. The van der Waals surface area contributed by atoms with Crippen molar-refractivity contribution in [2.24, 2.45) is 0 Å². The van der Waals surface area contributed by atoms with Crippen molar-refractivity contribution in [2.45, 2.75) is 24.3 Å². The van der Waals surface area contributed by atoms with E-state index in [0.717, 1.165) is 0 Å². The molecule has 0 N–H and O–H groups in total. The number of thioether (sulfide) groups is 1. The van der Waals surface area contributed by atoms with Crippen LogP contribution in [0.3, 0.4) is 0 Å². The van der Waals surface area contributed by atoms with Crippen LogP contribution in [0.1, 0.15) is 20.8 Å². The predicted molar refractivity (Wildman–Crippen MR) is 50.5 cm³/mol. The molecule has 0 aromatic heterocycles. The molecule has 0 spiro atoms. The molecular formula is C10H11STi. The van der Waals surface area contributed by atoms with Crippen LogP contribution in [-0.2, 0) is 20.4 Å². The van der Waals surface area contributed by atoms with Crippen LogP contribution in [0.4, 0.5) is 0 Å². The van der Waals surface area contributed by atoms with Crippen molar-refractivity contribution in [1.82, 2.24) is 0 Å². The van der Waals surface area contributed by atoms with Gasteiger partial charge in [-0.2, -0.15) is 0 Å². The molecule has 0 radical (unpaired) electrons. The van der Waals surface area contributed by atoms with Crippen LogP contribution in [0.15, 0.2) is 33.3 Å². The van der Waals surface area contributed by atoms with Crippen molar-refractivity contribution in [2.75, 3.05) is 0 Å². The van der Waals surface area contributed by atoms with Gasteiger partial charge in [0.05, 0.1) is 0 Å². The molecule has 0 amide bonds. The van der Waals surface area contributed by atoms with E-state index in [1.54, 1.807) is 0 Å². The molecule has 1 aliphatic heterocycles. The van der Waals surface area contributed by atoms with Crippen molar-refractivity contribution in [3.63, 3.8) is 0 Å². The Labute approximate surface area is 89.6 Å². The second kappa shape index (κ2) is 2.90. The van der Waals surface area contributed by atoms with Crippen LogP contribution >= 0.6 is 11.8 Å². The molecule has 0 fully saturated rings. The summed E-state index contributed by atoms with van der Waals surface area (Å²) in [4.78, 5) is 1.53. The van der Waals surface area contributed by atoms with E-state index in [1.165, 1.54) is 27.2 Å². The molecule has 0 saturated carbocycles. The third kappa shape index (κ3) is 1.11. The third-order valence-corrected chi connectivity index (χ3v) is 4.64. The molecule has 1 atom stereocenters. The van der Waals surface area contributed by atoms with Gasteiger partial charge in [-0.3, -0.25) is 0 Å². The van der Waals surface area contributed by atoms with Crippen LogP contribution in [0.2, 0.25) is 0 Å². The van der Waals surface area contributed by atoms with E-state index < -0.39 is 0 Å². The van der Waals surface area contributed by atoms with Gasteiger partial charge in [0.15, 0.2) is 0 Å². The Kier molecular flexibility index (Phi) is 2.14. The number of allylic oxidation sites excluding steroid dienone is 4. The summed E-state index contributed by atoms with van der Waals surface area (Å²) >= 11 is 4.26. The second-order valence-corrected chi connectivity index (χ2v) is 6.10. The van der Waals surface area contributed by atoms with E-state index in [0.29, 0.717) is 3.55 Å². The van der Waals surface area contributed by atoms with Crippen molar-refractivity contribution in [3.05, 3.63) is 33.3 Å². The summed E-state index contributed by atoms with van der Waals surface area (Å²) in [6.07, 6.45) is 2.38. The van der Waals surface area contributed by atoms with Crippen LogP contribution in [0.25, 0.3) is 0 Å². The summed E-state index contributed by atoms with van der Waals surface area (Å²) in [7, 11) is 0. The van der Waals surface area contributed by atoms with Crippen LogP contribution in [0.5, 0.6) is 0 Å². The Hall–Kier alpha value is 0.284. The number of hydrogen-bond acceptors (Lipinski definition) is 1. The first-order valence-electron chi connectivity index (χ1n) is 4.10. The monoisotopic (exact) mass is 211 g/mol. The van der Waals surface area contributed by atoms with Crippen molar-refractivity contribution >= 4 is 11.8 Å². The van der Waals surface area contributed by atoms with Gasteiger partial charge in [0.1, 0.15) is 0 Å². The maximum atomic E-state index is 2.38. The first-order chi connectivity index (χ1) is 5.61. The van der Waals surface area contributed by atoms with Gasteiger partial charge in [-0.25, -0.2) is 0 Å². The van der Waals surface area contributed by atoms with E-state index in [-0.39, 0.29) is 0 Å². The predicted octanol–water partition coefficient (Wildman–Crippen LogP) is 3.16. The van der Waals surface area contributed by atoms with Gasteiger partial charge in [0.25, 0.3) is 0 Å². The molecule has 1 heterocycles. The fourth-order valence-electron chi connectivity index (χ4n) is 1.69. The van der Waals surface area contributed by atoms with Gasteiger partial charge < -0.3 is 0 Å². The molecule has 0 saturated heterocycles. The van der Waals surface area contributed by atoms with Crippen molar-refractivity contribution in [3.8, 4) is 0 Å². The van der Waals surface area contributed by atoms with Crippen molar-refractivity contribution < 1.29 is 20.4 Å². The first kappa shape index (κ1) is 8.86. The zero-order valence-electron chi connectivity index (χ0n) is 7.56. The third-order valence-electron chi connectivity index (χ3n) is 2.68. The molecule has 0 bridgehead atoms. The van der Waals surface area contributed by atoms with Crippen molar-refractivity contribution in [1.29, 1.82) is 0 Å². The molecule has 2 rings (SSSR count). The van der Waals surface area contributed by atoms with Gasteiger partial charge in [-0.05, 0) is 0 Å². The minimum atomic E-state index is 0.674. The van der Waals surface area contributed by atoms with Gasteiger partial charge in [0.2, 0.25) is 0 Å². The Morgan fingerprint density at radius 2 is 1.83 bits per heavy atom. The number of rotatable bonds is 0. The molecule has 0 aromatic rings. The summed E-state index contributed by atoms with van der Waals surface area (Å²) in [6, 6.07) is 0. The fraction of sp³-hybridized carbons (Fsp3) is 0.400. The average Bonchev–Trinajstić information content (AvgIpc) is 2.49. The fourth-order valence-corrected chi connectivity index (χ4v) is 3.64. The number of fused-ring (bicyclic) bond motifs is 1. The Morgan fingerprint density at radius 3 is 2.42 bits per heavy atom. The van der Waals surface area contributed by atoms with Crippen LogP contribution in [-0.4, -0.2) is 3.55 Å². The van der Waals surface area contributed by atoms with E-state index in [1.807, 2.05) is 11.8 Å². The maximum absolute atomic E-state index is 2.38. The molecule has 2 aliphatic rings. The van der Waals surface area contributed by atoms with E-state index in [2.05, 4.69) is 47.3 Å². The molecule has 61 valence electrons. The topological polar surface area (TPSA) is 0 Å². The Bertz CT molecular complexity index is 334. The average molecular weight is 211 g/mol. The van der Waals surface area contributed by atoms with E-state index in [4.69, 9.17) is 0 Å². The zero-order chi connectivity index (χ0) is 8.88. The SMILES string of the molecule is CC1=C(C)C(C)=C2S[CH]([Ti])C=C12. The van der Waals surface area contributed by atoms with Gasteiger partial charge >= 0.3 is 89.8 Å². The molecule has 12 heavy (non-hydrogen) atoms. The summed E-state index contributed by atoms with van der Waals surface area (Å²) in [5.74, 6) is 0. The first-order valence-corrected chi connectivity index (χ1v) is 5.88. The quantitative estimate of drug-likeness (QED) is 0.554. The summed E-state index contributed by atoms with van der Waals surface area (Å²) in [5, 5.41) is 0. The number of hydrogen-bond donors (Lipinski definition) is 0. The summed E-state index contributed by atoms with van der Waals surface area (Å²) in [6.45, 7) is 6.69. The second-order valence-electron chi connectivity index (χ2n) is 3.32. The minimum absolute atomic E-state index is 0.674. The van der Waals surface area contributed by atoms with Crippen LogP contribution in [0, 0.1) is 0 Å². The van der Waals surface area contributed by atoms with Crippen LogP contribution < -0.4 is 0 Å². The van der Waals surface area contributed by atoms with E-state index in [9.17, 15) is 0 Å². The van der Waals surface area contributed by atoms with Gasteiger partial charge in [-0.1, -0.05) is 0 Å². The zero-order valence-corrected chi connectivity index (χ0v) is 9.94. The van der Waals surface area contributed by atoms with E-state index >= 15 is 0 Å². The standard InChI is InChI=1S/C10H11S.Ti/c1-6-7(2)9-4-5-11-10(9)8(6)3;/h4-5H,1-3H3;. The Morgan fingerprint density at radius 1 is 1.17 bits per heavy atom. The van der Waals surface area contributed by atoms with Gasteiger partial charge in [-0.15, -0.1) is 0 Å².